The molecule has 2 atom stereocenters. The molecule has 1 saturated heterocycles. The van der Waals surface area contributed by atoms with Crippen LogP contribution in [0.3, 0.4) is 0 Å². The van der Waals surface area contributed by atoms with Gasteiger partial charge >= 0.3 is 0 Å². The molecule has 1 aliphatic heterocycles. The van der Waals surface area contributed by atoms with Gasteiger partial charge in [0.15, 0.2) is 0 Å². The number of hydrogen-bond acceptors (Lipinski definition) is 5. The first-order valence-electron chi connectivity index (χ1n) is 16.2. The van der Waals surface area contributed by atoms with Gasteiger partial charge in [0.25, 0.3) is 10.1 Å². The maximum absolute atomic E-state index is 12.2. The maximum Gasteiger partial charge on any atom is 0.296 e. The Labute approximate surface area is 240 Å². The summed E-state index contributed by atoms with van der Waals surface area (Å²) in [6.07, 6.45) is 24.6. The minimum atomic E-state index is -3.64. The van der Waals surface area contributed by atoms with Crippen LogP contribution in [0.2, 0.25) is 0 Å². The zero-order valence-electron chi connectivity index (χ0n) is 25.2. The first-order valence-corrected chi connectivity index (χ1v) is 17.6. The number of ether oxygens (including phenoxy) is 2. The molecule has 0 aliphatic carbocycles. The molecule has 1 aromatic rings. The molecular weight excluding hydrogens is 508 g/mol. The van der Waals surface area contributed by atoms with Crippen LogP contribution in [0.15, 0.2) is 29.2 Å². The van der Waals surface area contributed by atoms with Crippen LogP contribution in [0.4, 0.5) is 0 Å². The van der Waals surface area contributed by atoms with Gasteiger partial charge in [-0.05, 0) is 50.7 Å². The van der Waals surface area contributed by atoms with Crippen molar-refractivity contribution in [3.8, 4) is 0 Å². The molecule has 0 saturated carbocycles. The highest BCUT2D eigenvalue weighted by molar-refractivity contribution is 7.86. The van der Waals surface area contributed by atoms with Crippen molar-refractivity contribution < 1.29 is 22.1 Å². The molecule has 0 bridgehead atoms. The normalized spacial score (nSPS) is 17.7. The van der Waals surface area contributed by atoms with Gasteiger partial charge in [-0.1, -0.05) is 121 Å². The molecule has 1 aromatic carbocycles. The predicted octanol–water partition coefficient (Wildman–Crippen LogP) is 9.16. The lowest BCUT2D eigenvalue weighted by Gasteiger charge is -2.11. The lowest BCUT2D eigenvalue weighted by atomic mass is 9.97. The second-order valence-corrected chi connectivity index (χ2v) is 13.3. The first kappa shape index (κ1) is 34.3. The zero-order chi connectivity index (χ0) is 28.0. The van der Waals surface area contributed by atoms with Gasteiger partial charge in [0.05, 0.1) is 24.2 Å². The molecule has 1 heterocycles. The monoisotopic (exact) mass is 566 g/mol. The summed E-state index contributed by atoms with van der Waals surface area (Å²) < 4.78 is 41.4. The van der Waals surface area contributed by atoms with Crippen LogP contribution >= 0.6 is 0 Å². The lowest BCUT2D eigenvalue weighted by molar-refractivity contribution is 0.0153. The Hall–Kier alpha value is -0.950. The van der Waals surface area contributed by atoms with Gasteiger partial charge in [0.2, 0.25) is 0 Å². The molecule has 1 fully saturated rings. The van der Waals surface area contributed by atoms with E-state index < -0.39 is 10.1 Å². The number of hydrogen-bond donors (Lipinski definition) is 0. The first-order chi connectivity index (χ1) is 19.0. The molecular formula is C33H58O5S. The van der Waals surface area contributed by atoms with E-state index in [0.717, 1.165) is 69.8 Å². The van der Waals surface area contributed by atoms with E-state index >= 15 is 0 Å². The largest absolute Gasteiger partial charge is 0.379 e. The second kappa shape index (κ2) is 21.8. The average Bonchev–Trinajstić information content (AvgIpc) is 3.38. The molecule has 39 heavy (non-hydrogen) atoms. The summed E-state index contributed by atoms with van der Waals surface area (Å²) in [4.78, 5) is 0.229. The Balaban J connectivity index is 1.32. The Morgan fingerprint density at radius 3 is 1.90 bits per heavy atom. The maximum atomic E-state index is 12.2. The van der Waals surface area contributed by atoms with Gasteiger partial charge in [-0.25, -0.2) is 0 Å². The van der Waals surface area contributed by atoms with E-state index in [9.17, 15) is 8.42 Å². The molecule has 1 aliphatic rings. The third kappa shape index (κ3) is 16.8. The summed E-state index contributed by atoms with van der Waals surface area (Å²) in [6.45, 7) is 6.87. The van der Waals surface area contributed by atoms with Crippen LogP contribution in [0.1, 0.15) is 134 Å². The third-order valence-electron chi connectivity index (χ3n) is 7.91. The minimum Gasteiger partial charge on any atom is -0.379 e. The highest BCUT2D eigenvalue weighted by Gasteiger charge is 2.25. The van der Waals surface area contributed by atoms with E-state index in [4.69, 9.17) is 13.7 Å². The van der Waals surface area contributed by atoms with Gasteiger partial charge in [-0.2, -0.15) is 8.42 Å². The summed E-state index contributed by atoms with van der Waals surface area (Å²) >= 11 is 0. The fourth-order valence-electron chi connectivity index (χ4n) is 5.36. The summed E-state index contributed by atoms with van der Waals surface area (Å²) in [5, 5.41) is 0. The molecule has 0 aromatic heterocycles. The molecule has 2 rings (SSSR count). The average molecular weight is 567 g/mol. The number of rotatable bonds is 25. The van der Waals surface area contributed by atoms with E-state index in [2.05, 4.69) is 6.92 Å². The van der Waals surface area contributed by atoms with Gasteiger partial charge in [-0.15, -0.1) is 0 Å². The molecule has 226 valence electrons. The molecule has 5 nitrogen and oxygen atoms in total. The van der Waals surface area contributed by atoms with Crippen molar-refractivity contribution in [1.29, 1.82) is 0 Å². The van der Waals surface area contributed by atoms with Crippen LogP contribution in [-0.2, 0) is 23.8 Å². The molecule has 0 spiro atoms. The number of unbranched alkanes of at least 4 members (excludes halogenated alkanes) is 15. The van der Waals surface area contributed by atoms with E-state index in [1.165, 1.54) is 83.5 Å². The Morgan fingerprint density at radius 1 is 0.744 bits per heavy atom. The molecule has 2 unspecified atom stereocenters. The van der Waals surface area contributed by atoms with Crippen LogP contribution in [0.25, 0.3) is 0 Å². The molecule has 6 heteroatoms. The van der Waals surface area contributed by atoms with Crippen molar-refractivity contribution in [2.45, 2.75) is 147 Å². The molecule has 0 radical (unpaired) electrons. The van der Waals surface area contributed by atoms with E-state index in [0.29, 0.717) is 0 Å². The Bertz CT molecular complexity index is 808. The van der Waals surface area contributed by atoms with Crippen LogP contribution < -0.4 is 0 Å². The number of aryl methyl sites for hydroxylation is 1. The highest BCUT2D eigenvalue weighted by Crippen LogP contribution is 2.25. The Morgan fingerprint density at radius 2 is 1.28 bits per heavy atom. The SMILES string of the molecule is CCCCCCCCCCCCCCC1COC(COCCCCCCCOS(=O)(=O)c2ccc(C)cc2)C1. The van der Waals surface area contributed by atoms with Gasteiger partial charge in [0, 0.05) is 13.2 Å². The number of benzene rings is 1. The summed E-state index contributed by atoms with van der Waals surface area (Å²) in [6, 6.07) is 6.77. The van der Waals surface area contributed by atoms with Crippen molar-refractivity contribution in [2.24, 2.45) is 5.92 Å². The van der Waals surface area contributed by atoms with Crippen molar-refractivity contribution in [3.63, 3.8) is 0 Å². The summed E-state index contributed by atoms with van der Waals surface area (Å²) in [5.74, 6) is 0.721. The Kier molecular flexibility index (Phi) is 19.1. The smallest absolute Gasteiger partial charge is 0.296 e. The minimum absolute atomic E-state index is 0.229. The second-order valence-electron chi connectivity index (χ2n) is 11.7. The van der Waals surface area contributed by atoms with Crippen molar-refractivity contribution in [2.75, 3.05) is 26.4 Å². The van der Waals surface area contributed by atoms with Crippen molar-refractivity contribution >= 4 is 10.1 Å². The van der Waals surface area contributed by atoms with Gasteiger partial charge in [-0.3, -0.25) is 4.18 Å². The summed E-state index contributed by atoms with van der Waals surface area (Å²) in [7, 11) is -3.64. The van der Waals surface area contributed by atoms with E-state index in [1.807, 2.05) is 6.92 Å². The predicted molar refractivity (Wildman–Crippen MR) is 162 cm³/mol. The van der Waals surface area contributed by atoms with Crippen molar-refractivity contribution in [3.05, 3.63) is 29.8 Å². The molecule has 0 amide bonds. The van der Waals surface area contributed by atoms with Crippen LogP contribution in [-0.4, -0.2) is 40.9 Å². The lowest BCUT2D eigenvalue weighted by Crippen LogP contribution is -2.14. The van der Waals surface area contributed by atoms with Gasteiger partial charge < -0.3 is 9.47 Å². The van der Waals surface area contributed by atoms with Gasteiger partial charge in [0.1, 0.15) is 0 Å². The van der Waals surface area contributed by atoms with Crippen molar-refractivity contribution in [1.82, 2.24) is 0 Å². The summed E-state index contributed by atoms with van der Waals surface area (Å²) in [5.41, 5.74) is 1.03. The topological polar surface area (TPSA) is 61.8 Å². The fourth-order valence-corrected chi connectivity index (χ4v) is 6.31. The third-order valence-corrected chi connectivity index (χ3v) is 9.24. The zero-order valence-corrected chi connectivity index (χ0v) is 26.0. The van der Waals surface area contributed by atoms with Crippen LogP contribution in [0, 0.1) is 12.8 Å². The highest BCUT2D eigenvalue weighted by atomic mass is 32.2. The van der Waals surface area contributed by atoms with E-state index in [1.54, 1.807) is 24.3 Å². The molecule has 0 N–H and O–H groups in total. The van der Waals surface area contributed by atoms with Crippen LogP contribution in [0.5, 0.6) is 0 Å². The standard InChI is InChI=1S/C33H58O5S/c1-3-4-5-6-7-8-9-10-11-12-14-17-20-31-27-32(37-28-31)29-36-25-18-15-13-16-19-26-38-39(34,35)33-23-21-30(2)22-24-33/h21-24,31-32H,3-20,25-29H2,1-2H3. The fraction of sp³-hybridized carbons (Fsp3) is 0.818. The quantitative estimate of drug-likeness (QED) is 0.0872. The van der Waals surface area contributed by atoms with E-state index in [-0.39, 0.29) is 17.6 Å².